The molecular weight excluding hydrogens is 515 g/mol. The molecule has 178 valence electrons. The number of para-hydroxylation sites is 2. The van der Waals surface area contributed by atoms with Crippen molar-refractivity contribution in [1.29, 1.82) is 0 Å². The number of ether oxygens (including phenoxy) is 1. The number of hydrogen-bond donors (Lipinski definition) is 0. The minimum Gasteiger partial charge on any atom is -0.422 e. The number of imidazole rings is 1. The van der Waals surface area contributed by atoms with E-state index in [9.17, 15) is 4.79 Å². The predicted molar refractivity (Wildman–Crippen MR) is 146 cm³/mol. The lowest BCUT2D eigenvalue weighted by atomic mass is 10.1. The number of halogens is 3. The average molecular weight is 534 g/mol. The molecule has 7 heteroatoms. The highest BCUT2D eigenvalue weighted by Gasteiger charge is 2.16. The van der Waals surface area contributed by atoms with E-state index in [-0.39, 0.29) is 0 Å². The standard InChI is InChI=1S/C29H19Cl3N2O2/c30-22-13-9-19(10-14-22)27(36-29(35)20-11-15-23(31)16-12-20)17-28-33-25-7-3-4-8-26(25)34(28)18-21-5-1-2-6-24(21)32/h1-17H,18H2/b27-17-. The molecule has 0 spiro atoms. The first-order valence-electron chi connectivity index (χ1n) is 11.1. The van der Waals surface area contributed by atoms with Crippen molar-refractivity contribution in [2.75, 3.05) is 0 Å². The van der Waals surface area contributed by atoms with Gasteiger partial charge in [0.15, 0.2) is 0 Å². The lowest BCUT2D eigenvalue weighted by Crippen LogP contribution is -2.07. The Hall–Kier alpha value is -3.57. The van der Waals surface area contributed by atoms with E-state index < -0.39 is 5.97 Å². The first kappa shape index (κ1) is 24.1. The topological polar surface area (TPSA) is 44.1 Å². The third-order valence-corrected chi connectivity index (χ3v) is 6.51. The average Bonchev–Trinajstić information content (AvgIpc) is 3.22. The zero-order chi connectivity index (χ0) is 25.1. The minimum absolute atomic E-state index is 0.335. The molecule has 0 atom stereocenters. The number of benzene rings is 4. The smallest absolute Gasteiger partial charge is 0.343 e. The zero-order valence-corrected chi connectivity index (χ0v) is 21.1. The lowest BCUT2D eigenvalue weighted by Gasteiger charge is -2.12. The van der Waals surface area contributed by atoms with E-state index in [0.717, 1.165) is 16.6 Å². The molecule has 1 heterocycles. The van der Waals surface area contributed by atoms with Gasteiger partial charge in [0.05, 0.1) is 23.1 Å². The Morgan fingerprint density at radius 2 is 1.39 bits per heavy atom. The molecule has 0 amide bonds. The van der Waals surface area contributed by atoms with Crippen molar-refractivity contribution in [2.45, 2.75) is 6.54 Å². The van der Waals surface area contributed by atoms with Crippen LogP contribution >= 0.6 is 34.8 Å². The molecule has 0 N–H and O–H groups in total. The first-order valence-corrected chi connectivity index (χ1v) is 12.3. The van der Waals surface area contributed by atoms with Crippen molar-refractivity contribution >= 4 is 63.6 Å². The number of carbonyl (C=O) groups is 1. The normalized spacial score (nSPS) is 11.6. The van der Waals surface area contributed by atoms with Crippen LogP contribution < -0.4 is 0 Å². The number of esters is 1. The Bertz CT molecular complexity index is 1570. The summed E-state index contributed by atoms with van der Waals surface area (Å²) in [7, 11) is 0. The Morgan fingerprint density at radius 3 is 2.08 bits per heavy atom. The molecule has 0 bridgehead atoms. The summed E-state index contributed by atoms with van der Waals surface area (Å²) in [5.41, 5.74) is 3.75. The van der Waals surface area contributed by atoms with Crippen LogP contribution in [0, 0.1) is 0 Å². The fourth-order valence-electron chi connectivity index (χ4n) is 3.82. The van der Waals surface area contributed by atoms with Crippen LogP contribution in [0.2, 0.25) is 15.1 Å². The van der Waals surface area contributed by atoms with Crippen molar-refractivity contribution in [3.8, 4) is 0 Å². The van der Waals surface area contributed by atoms with Gasteiger partial charge < -0.3 is 9.30 Å². The lowest BCUT2D eigenvalue weighted by molar-refractivity contribution is 0.0693. The second kappa shape index (κ2) is 10.6. The van der Waals surface area contributed by atoms with Gasteiger partial charge >= 0.3 is 5.97 Å². The van der Waals surface area contributed by atoms with Gasteiger partial charge in [0.2, 0.25) is 0 Å². The Labute approximate surface area is 223 Å². The van der Waals surface area contributed by atoms with Gasteiger partial charge in [0, 0.05) is 26.7 Å². The predicted octanol–water partition coefficient (Wildman–Crippen LogP) is 8.40. The van der Waals surface area contributed by atoms with E-state index in [1.54, 1.807) is 54.6 Å². The number of carbonyl (C=O) groups excluding carboxylic acids is 1. The van der Waals surface area contributed by atoms with Crippen LogP contribution in [0.25, 0.3) is 22.9 Å². The third-order valence-electron chi connectivity index (χ3n) is 5.64. The number of rotatable bonds is 6. The van der Waals surface area contributed by atoms with Crippen LogP contribution in [0.1, 0.15) is 27.3 Å². The van der Waals surface area contributed by atoms with Crippen LogP contribution in [0.3, 0.4) is 0 Å². The molecule has 0 aliphatic carbocycles. The summed E-state index contributed by atoms with van der Waals surface area (Å²) in [5.74, 6) is 0.439. The second-order valence-electron chi connectivity index (χ2n) is 8.05. The van der Waals surface area contributed by atoms with E-state index in [2.05, 4.69) is 0 Å². The molecule has 0 saturated carbocycles. The third kappa shape index (κ3) is 5.31. The highest BCUT2D eigenvalue weighted by Crippen LogP contribution is 2.27. The van der Waals surface area contributed by atoms with Gasteiger partial charge in [-0.25, -0.2) is 9.78 Å². The summed E-state index contributed by atoms with van der Waals surface area (Å²) < 4.78 is 7.93. The van der Waals surface area contributed by atoms with Gasteiger partial charge in [-0.2, -0.15) is 0 Å². The zero-order valence-electron chi connectivity index (χ0n) is 18.9. The fourth-order valence-corrected chi connectivity index (χ4v) is 4.26. The van der Waals surface area contributed by atoms with Gasteiger partial charge in [-0.3, -0.25) is 0 Å². The monoisotopic (exact) mass is 532 g/mol. The summed E-state index contributed by atoms with van der Waals surface area (Å²) in [6, 6.07) is 29.1. The Kier molecular flexibility index (Phi) is 7.10. The fraction of sp³-hybridized carbons (Fsp3) is 0.0345. The van der Waals surface area contributed by atoms with E-state index in [1.165, 1.54) is 0 Å². The highest BCUT2D eigenvalue weighted by atomic mass is 35.5. The van der Waals surface area contributed by atoms with Crippen molar-refractivity contribution in [2.24, 2.45) is 0 Å². The summed E-state index contributed by atoms with van der Waals surface area (Å²) >= 11 is 18.6. The van der Waals surface area contributed by atoms with Crippen LogP contribution in [0.4, 0.5) is 0 Å². The maximum Gasteiger partial charge on any atom is 0.343 e. The molecule has 0 saturated heterocycles. The summed E-state index contributed by atoms with van der Waals surface area (Å²) in [6.45, 7) is 0.491. The maximum absolute atomic E-state index is 13.0. The summed E-state index contributed by atoms with van der Waals surface area (Å²) in [4.78, 5) is 17.8. The molecule has 5 aromatic rings. The van der Waals surface area contributed by atoms with Crippen LogP contribution in [0.15, 0.2) is 97.1 Å². The summed E-state index contributed by atoms with van der Waals surface area (Å²) in [5, 5.41) is 1.78. The molecule has 4 nitrogen and oxygen atoms in total. The molecule has 0 aliphatic heterocycles. The molecule has 0 radical (unpaired) electrons. The number of fused-ring (bicyclic) bond motifs is 1. The van der Waals surface area contributed by atoms with Crippen LogP contribution in [-0.2, 0) is 11.3 Å². The van der Waals surface area contributed by atoms with E-state index >= 15 is 0 Å². The highest BCUT2D eigenvalue weighted by molar-refractivity contribution is 6.31. The van der Waals surface area contributed by atoms with E-state index in [1.807, 2.05) is 53.1 Å². The summed E-state index contributed by atoms with van der Waals surface area (Å²) in [6.07, 6.45) is 1.76. The van der Waals surface area contributed by atoms with Crippen molar-refractivity contribution in [3.63, 3.8) is 0 Å². The molecule has 5 rings (SSSR count). The molecule has 0 aliphatic rings. The molecule has 0 fully saturated rings. The van der Waals surface area contributed by atoms with Crippen LogP contribution in [0.5, 0.6) is 0 Å². The quantitative estimate of drug-likeness (QED) is 0.163. The second-order valence-corrected chi connectivity index (χ2v) is 9.33. The number of aromatic nitrogens is 2. The van der Waals surface area contributed by atoms with Crippen LogP contribution in [-0.4, -0.2) is 15.5 Å². The largest absolute Gasteiger partial charge is 0.422 e. The Morgan fingerprint density at radius 1 is 0.778 bits per heavy atom. The Balaban J connectivity index is 1.61. The number of nitrogens with zero attached hydrogens (tertiary/aromatic N) is 2. The van der Waals surface area contributed by atoms with Gasteiger partial charge in [-0.15, -0.1) is 0 Å². The molecule has 4 aromatic carbocycles. The van der Waals surface area contributed by atoms with Gasteiger partial charge in [0.1, 0.15) is 11.6 Å². The van der Waals surface area contributed by atoms with Crippen molar-refractivity contribution < 1.29 is 9.53 Å². The van der Waals surface area contributed by atoms with Crippen molar-refractivity contribution in [3.05, 3.63) is 135 Å². The maximum atomic E-state index is 13.0. The SMILES string of the molecule is O=C(O/C(=C\c1nc2ccccc2n1Cc1ccccc1Cl)c1ccc(Cl)cc1)c1ccc(Cl)cc1. The molecular formula is C29H19Cl3N2O2. The number of hydrogen-bond acceptors (Lipinski definition) is 3. The van der Waals surface area contributed by atoms with Crippen molar-refractivity contribution in [1.82, 2.24) is 9.55 Å². The van der Waals surface area contributed by atoms with E-state index in [0.29, 0.717) is 44.3 Å². The van der Waals surface area contributed by atoms with Gasteiger partial charge in [-0.05, 0) is 72.3 Å². The van der Waals surface area contributed by atoms with Gasteiger partial charge in [0.25, 0.3) is 0 Å². The van der Waals surface area contributed by atoms with E-state index in [4.69, 9.17) is 44.5 Å². The minimum atomic E-state index is -0.512. The van der Waals surface area contributed by atoms with Gasteiger partial charge in [-0.1, -0.05) is 65.1 Å². The molecule has 0 unspecified atom stereocenters. The first-order chi connectivity index (χ1) is 17.5. The molecule has 36 heavy (non-hydrogen) atoms. The molecule has 1 aromatic heterocycles.